The standard InChI is InChI=1S/C24H38F3N3O2S/c1-5-8-11-18(4)23(30(14-9-6-2)15-10-7-3)22-17-19-16-20(12-13-21(19)28-22)29-33(31,32)24(25,26)27/h12-13,16-18,23,28-29H,5-11,14-15H2,1-4H3. The maximum Gasteiger partial charge on any atom is 0.516 e. The molecular formula is C24H38F3N3O2S. The molecule has 0 aliphatic heterocycles. The first-order chi connectivity index (χ1) is 15.5. The zero-order valence-corrected chi connectivity index (χ0v) is 21.0. The highest BCUT2D eigenvalue weighted by Crippen LogP contribution is 2.35. The number of nitrogens with one attached hydrogen (secondary N) is 2. The van der Waals surface area contributed by atoms with Gasteiger partial charge in [-0.25, -0.2) is 0 Å². The van der Waals surface area contributed by atoms with Crippen LogP contribution in [0.25, 0.3) is 10.9 Å². The Bertz CT molecular complexity index is 965. The van der Waals surface area contributed by atoms with E-state index >= 15 is 0 Å². The molecule has 1 aromatic carbocycles. The first kappa shape index (κ1) is 27.5. The number of rotatable bonds is 14. The van der Waals surface area contributed by atoms with E-state index in [1.165, 1.54) is 12.1 Å². The monoisotopic (exact) mass is 489 g/mol. The highest BCUT2D eigenvalue weighted by molar-refractivity contribution is 7.93. The molecule has 1 aromatic heterocycles. The van der Waals surface area contributed by atoms with Gasteiger partial charge >= 0.3 is 15.5 Å². The topological polar surface area (TPSA) is 65.2 Å². The summed E-state index contributed by atoms with van der Waals surface area (Å²) in [5.41, 5.74) is -3.66. The number of benzene rings is 1. The van der Waals surface area contributed by atoms with Crippen LogP contribution in [0.5, 0.6) is 0 Å². The fourth-order valence-electron chi connectivity index (χ4n) is 4.25. The van der Waals surface area contributed by atoms with Crippen LogP contribution < -0.4 is 4.72 Å². The molecule has 5 nitrogen and oxygen atoms in total. The molecule has 2 N–H and O–H groups in total. The minimum Gasteiger partial charge on any atom is -0.357 e. The summed E-state index contributed by atoms with van der Waals surface area (Å²) >= 11 is 0. The van der Waals surface area contributed by atoms with Crippen LogP contribution in [0.15, 0.2) is 24.3 Å². The highest BCUT2D eigenvalue weighted by Gasteiger charge is 2.46. The second-order valence-corrected chi connectivity index (χ2v) is 10.6. The molecule has 0 amide bonds. The van der Waals surface area contributed by atoms with Crippen LogP contribution >= 0.6 is 0 Å². The third-order valence-corrected chi connectivity index (χ3v) is 7.17. The van der Waals surface area contributed by atoms with Crippen molar-refractivity contribution in [2.75, 3.05) is 17.8 Å². The van der Waals surface area contributed by atoms with Crippen molar-refractivity contribution in [2.24, 2.45) is 5.92 Å². The lowest BCUT2D eigenvalue weighted by molar-refractivity contribution is -0.0429. The van der Waals surface area contributed by atoms with Gasteiger partial charge in [-0.3, -0.25) is 9.62 Å². The van der Waals surface area contributed by atoms with E-state index < -0.39 is 15.5 Å². The number of aromatic nitrogens is 1. The van der Waals surface area contributed by atoms with E-state index in [0.29, 0.717) is 11.3 Å². The summed E-state index contributed by atoms with van der Waals surface area (Å²) in [5.74, 6) is 0.398. The predicted octanol–water partition coefficient (Wildman–Crippen LogP) is 7.20. The minimum atomic E-state index is -5.46. The molecule has 0 bridgehead atoms. The van der Waals surface area contributed by atoms with Crippen molar-refractivity contribution in [2.45, 2.75) is 84.2 Å². The van der Waals surface area contributed by atoms with Gasteiger partial charge in [0.25, 0.3) is 0 Å². The number of nitrogens with zero attached hydrogens (tertiary/aromatic N) is 1. The number of sulfonamides is 1. The molecule has 2 rings (SSSR count). The van der Waals surface area contributed by atoms with Crippen molar-refractivity contribution < 1.29 is 21.6 Å². The van der Waals surface area contributed by atoms with Gasteiger partial charge in [-0.05, 0) is 62.5 Å². The molecule has 0 aliphatic carbocycles. The molecule has 2 unspecified atom stereocenters. The fraction of sp³-hybridized carbons (Fsp3) is 0.667. The van der Waals surface area contributed by atoms with Gasteiger partial charge < -0.3 is 4.98 Å². The van der Waals surface area contributed by atoms with E-state index in [2.05, 4.69) is 37.6 Å². The van der Waals surface area contributed by atoms with Gasteiger partial charge in [0.05, 0.1) is 6.04 Å². The number of alkyl halides is 3. The van der Waals surface area contributed by atoms with Gasteiger partial charge in [-0.15, -0.1) is 0 Å². The first-order valence-corrected chi connectivity index (χ1v) is 13.5. The lowest BCUT2D eigenvalue weighted by atomic mass is 9.91. The van der Waals surface area contributed by atoms with Crippen LogP contribution in [-0.4, -0.2) is 36.9 Å². The lowest BCUT2D eigenvalue weighted by Crippen LogP contribution is -2.35. The van der Waals surface area contributed by atoms with E-state index in [9.17, 15) is 21.6 Å². The summed E-state index contributed by atoms with van der Waals surface area (Å²) < 4.78 is 62.9. The van der Waals surface area contributed by atoms with Gasteiger partial charge in [0.2, 0.25) is 0 Å². The van der Waals surface area contributed by atoms with Crippen LogP contribution in [0.2, 0.25) is 0 Å². The number of aromatic amines is 1. The first-order valence-electron chi connectivity index (χ1n) is 12.0. The Morgan fingerprint density at radius 2 is 1.61 bits per heavy atom. The summed E-state index contributed by atoms with van der Waals surface area (Å²) in [6.07, 6.45) is 7.76. The van der Waals surface area contributed by atoms with Gasteiger partial charge in [0.1, 0.15) is 0 Å². The smallest absolute Gasteiger partial charge is 0.357 e. The van der Waals surface area contributed by atoms with Crippen molar-refractivity contribution in [3.63, 3.8) is 0 Å². The van der Waals surface area contributed by atoms with Gasteiger partial charge in [-0.1, -0.05) is 53.4 Å². The summed E-state index contributed by atoms with van der Waals surface area (Å²) in [4.78, 5) is 6.00. The molecule has 1 heterocycles. The van der Waals surface area contributed by atoms with Crippen molar-refractivity contribution >= 4 is 26.6 Å². The van der Waals surface area contributed by atoms with E-state index in [1.807, 2.05) is 6.07 Å². The molecule has 188 valence electrons. The Labute approximate surface area is 196 Å². The molecule has 9 heteroatoms. The van der Waals surface area contributed by atoms with Crippen LogP contribution in [0.3, 0.4) is 0 Å². The molecule has 0 spiro atoms. The van der Waals surface area contributed by atoms with Gasteiger partial charge in [0, 0.05) is 22.3 Å². The van der Waals surface area contributed by atoms with Crippen molar-refractivity contribution in [3.05, 3.63) is 30.0 Å². The van der Waals surface area contributed by atoms with E-state index in [0.717, 1.165) is 69.2 Å². The van der Waals surface area contributed by atoms with Gasteiger partial charge in [0.15, 0.2) is 0 Å². The number of hydrogen-bond acceptors (Lipinski definition) is 3. The summed E-state index contributed by atoms with van der Waals surface area (Å²) in [6, 6.07) is 6.56. The fourth-order valence-corrected chi connectivity index (χ4v) is 4.80. The Hall–Kier alpha value is -1.74. The molecule has 0 saturated heterocycles. The lowest BCUT2D eigenvalue weighted by Gasteiger charge is -2.35. The summed E-state index contributed by atoms with van der Waals surface area (Å²) in [6.45, 7) is 10.8. The summed E-state index contributed by atoms with van der Waals surface area (Å²) in [5, 5.41) is 0.686. The Kier molecular flexibility index (Phi) is 10.1. The molecule has 0 radical (unpaired) electrons. The van der Waals surface area contributed by atoms with Crippen molar-refractivity contribution in [1.82, 2.24) is 9.88 Å². The van der Waals surface area contributed by atoms with E-state index in [1.54, 1.807) is 10.8 Å². The maximum atomic E-state index is 12.8. The van der Waals surface area contributed by atoms with Crippen molar-refractivity contribution in [1.29, 1.82) is 0 Å². The zero-order chi connectivity index (χ0) is 24.6. The second-order valence-electron chi connectivity index (χ2n) is 8.89. The van der Waals surface area contributed by atoms with E-state index in [4.69, 9.17) is 0 Å². The maximum absolute atomic E-state index is 12.8. The van der Waals surface area contributed by atoms with E-state index in [-0.39, 0.29) is 11.7 Å². The molecule has 2 atom stereocenters. The zero-order valence-electron chi connectivity index (χ0n) is 20.1. The minimum absolute atomic E-state index is 0.102. The van der Waals surface area contributed by atoms with Crippen LogP contribution in [0.1, 0.15) is 84.4 Å². The van der Waals surface area contributed by atoms with Crippen molar-refractivity contribution in [3.8, 4) is 0 Å². The Balaban J connectivity index is 2.42. The average molecular weight is 490 g/mol. The highest BCUT2D eigenvalue weighted by atomic mass is 32.2. The number of unbranched alkanes of at least 4 members (excludes halogenated alkanes) is 3. The second kappa shape index (κ2) is 12.1. The number of halogens is 3. The molecular weight excluding hydrogens is 451 g/mol. The van der Waals surface area contributed by atoms with Crippen LogP contribution in [0.4, 0.5) is 18.9 Å². The third kappa shape index (κ3) is 7.37. The quantitative estimate of drug-likeness (QED) is 0.295. The normalized spacial score (nSPS) is 14.7. The molecule has 33 heavy (non-hydrogen) atoms. The third-order valence-electron chi connectivity index (χ3n) is 6.06. The average Bonchev–Trinajstić information content (AvgIpc) is 3.15. The Morgan fingerprint density at radius 1 is 1.00 bits per heavy atom. The molecule has 2 aromatic rings. The van der Waals surface area contributed by atoms with Crippen LogP contribution in [0, 0.1) is 5.92 Å². The number of anilines is 1. The number of fused-ring (bicyclic) bond motifs is 1. The van der Waals surface area contributed by atoms with Crippen LogP contribution in [-0.2, 0) is 10.0 Å². The SMILES string of the molecule is CCCCC(C)C(c1cc2cc(NS(=O)(=O)C(F)(F)F)ccc2[nH]1)N(CCCC)CCCC. The largest absolute Gasteiger partial charge is 0.516 e. The number of hydrogen-bond donors (Lipinski definition) is 2. The predicted molar refractivity (Wildman–Crippen MR) is 130 cm³/mol. The molecule has 0 saturated carbocycles. The van der Waals surface area contributed by atoms with Gasteiger partial charge in [-0.2, -0.15) is 21.6 Å². The number of H-pyrrole nitrogens is 1. The molecule has 0 aliphatic rings. The Morgan fingerprint density at radius 3 is 2.15 bits per heavy atom. The molecule has 0 fully saturated rings. The summed E-state index contributed by atoms with van der Waals surface area (Å²) in [7, 11) is -5.46.